The van der Waals surface area contributed by atoms with E-state index >= 15 is 0 Å². The maximum atomic E-state index is 4.82. The number of para-hydroxylation sites is 1. The van der Waals surface area contributed by atoms with E-state index in [-0.39, 0.29) is 0 Å². The molecule has 0 amide bonds. The lowest BCUT2D eigenvalue weighted by atomic mass is 9.97. The molecule has 0 unspecified atom stereocenters. The third kappa shape index (κ3) is 3.89. The van der Waals surface area contributed by atoms with Gasteiger partial charge < -0.3 is 19.7 Å². The van der Waals surface area contributed by atoms with Crippen molar-refractivity contribution in [3.8, 4) is 11.5 Å². The van der Waals surface area contributed by atoms with Crippen molar-refractivity contribution in [2.45, 2.75) is 37.8 Å². The zero-order valence-corrected chi connectivity index (χ0v) is 19.6. The predicted octanol–water partition coefficient (Wildman–Crippen LogP) is 4.10. The molecule has 0 atom stereocenters. The number of hydrogen-bond acceptors (Lipinski definition) is 5. The highest BCUT2D eigenvalue weighted by molar-refractivity contribution is 5.93. The van der Waals surface area contributed by atoms with Crippen LogP contribution in [-0.4, -0.2) is 82.3 Å². The molecule has 33 heavy (non-hydrogen) atoms. The number of anilines is 1. The second kappa shape index (κ2) is 8.47. The minimum absolute atomic E-state index is 0.736. The number of fused-ring (bicyclic) bond motifs is 2. The fraction of sp³-hybridized carbons (Fsp3) is 0.462. The van der Waals surface area contributed by atoms with Crippen LogP contribution in [0.3, 0.4) is 0 Å². The smallest absolute Gasteiger partial charge is 0.159 e. The number of aromatic amines is 2. The summed E-state index contributed by atoms with van der Waals surface area (Å²) in [4.78, 5) is 16.0. The van der Waals surface area contributed by atoms with E-state index in [4.69, 9.17) is 4.98 Å². The Bertz CT molecular complexity index is 1240. The van der Waals surface area contributed by atoms with E-state index in [1.54, 1.807) is 0 Å². The summed E-state index contributed by atoms with van der Waals surface area (Å²) in [6, 6.07) is 16.3. The van der Waals surface area contributed by atoms with Crippen LogP contribution in [0.15, 0.2) is 42.5 Å². The monoisotopic (exact) mass is 443 g/mol. The standard InChI is InChI=1S/C26H33N7/c1-31(2)18-9-13-32(14-10-18)19-11-15-33(16-12-19)20-7-8-23-24(17-20)28-26(27-23)25-21-5-3-4-6-22(21)29-30-25/h3-8,17-19H,9-16H2,1-2H3,(H,27,28)(H,29,30). The first-order chi connectivity index (χ1) is 16.2. The van der Waals surface area contributed by atoms with Crippen molar-refractivity contribution in [3.63, 3.8) is 0 Å². The first-order valence-electron chi connectivity index (χ1n) is 12.2. The summed E-state index contributed by atoms with van der Waals surface area (Å²) in [6.07, 6.45) is 5.10. The molecule has 2 aromatic carbocycles. The zero-order chi connectivity index (χ0) is 22.4. The van der Waals surface area contributed by atoms with Crippen LogP contribution in [0.5, 0.6) is 0 Å². The number of nitrogens with zero attached hydrogens (tertiary/aromatic N) is 5. The summed E-state index contributed by atoms with van der Waals surface area (Å²) >= 11 is 0. The molecule has 0 saturated carbocycles. The Morgan fingerprint density at radius 2 is 1.70 bits per heavy atom. The van der Waals surface area contributed by atoms with E-state index in [1.165, 1.54) is 44.5 Å². The number of likely N-dealkylation sites (tertiary alicyclic amines) is 1. The summed E-state index contributed by atoms with van der Waals surface area (Å²) in [7, 11) is 4.44. The van der Waals surface area contributed by atoms with Crippen molar-refractivity contribution in [2.24, 2.45) is 0 Å². The van der Waals surface area contributed by atoms with Gasteiger partial charge in [-0.15, -0.1) is 0 Å². The lowest BCUT2D eigenvalue weighted by molar-refractivity contribution is 0.0961. The van der Waals surface area contributed by atoms with Crippen LogP contribution in [0.1, 0.15) is 25.7 Å². The lowest BCUT2D eigenvalue weighted by Gasteiger charge is -2.43. The molecule has 0 spiro atoms. The quantitative estimate of drug-likeness (QED) is 0.497. The zero-order valence-electron chi connectivity index (χ0n) is 19.6. The molecule has 4 aromatic rings. The molecule has 0 radical (unpaired) electrons. The number of H-pyrrole nitrogens is 2. The Kier molecular flexibility index (Phi) is 5.31. The van der Waals surface area contributed by atoms with Gasteiger partial charge in [0, 0.05) is 36.2 Å². The third-order valence-electron chi connectivity index (χ3n) is 7.74. The lowest BCUT2D eigenvalue weighted by Crippen LogP contribution is -2.50. The van der Waals surface area contributed by atoms with Gasteiger partial charge in [0.1, 0.15) is 5.69 Å². The number of rotatable bonds is 4. The molecule has 2 aromatic heterocycles. The summed E-state index contributed by atoms with van der Waals surface area (Å²) in [5, 5.41) is 8.70. The Morgan fingerprint density at radius 1 is 0.909 bits per heavy atom. The molecule has 2 aliphatic heterocycles. The van der Waals surface area contributed by atoms with Gasteiger partial charge >= 0.3 is 0 Å². The van der Waals surface area contributed by atoms with E-state index in [1.807, 2.05) is 18.2 Å². The van der Waals surface area contributed by atoms with Crippen molar-refractivity contribution in [1.82, 2.24) is 30.0 Å². The Labute approximate surface area is 194 Å². The summed E-state index contributed by atoms with van der Waals surface area (Å²) in [5.41, 5.74) is 5.25. The van der Waals surface area contributed by atoms with E-state index < -0.39 is 0 Å². The van der Waals surface area contributed by atoms with Crippen LogP contribution in [0.4, 0.5) is 5.69 Å². The fourth-order valence-electron chi connectivity index (χ4n) is 5.71. The minimum atomic E-state index is 0.736. The molecular formula is C26H33N7. The van der Waals surface area contributed by atoms with Crippen molar-refractivity contribution in [1.29, 1.82) is 0 Å². The number of hydrogen-bond donors (Lipinski definition) is 2. The maximum Gasteiger partial charge on any atom is 0.159 e. The van der Waals surface area contributed by atoms with E-state index in [2.05, 4.69) is 68.2 Å². The highest BCUT2D eigenvalue weighted by atomic mass is 15.2. The average molecular weight is 444 g/mol. The van der Waals surface area contributed by atoms with Gasteiger partial charge in [0.2, 0.25) is 0 Å². The summed E-state index contributed by atoms with van der Waals surface area (Å²) in [6.45, 7) is 4.74. The predicted molar refractivity (Wildman–Crippen MR) is 135 cm³/mol. The Morgan fingerprint density at radius 3 is 2.48 bits per heavy atom. The first-order valence-corrected chi connectivity index (χ1v) is 12.2. The van der Waals surface area contributed by atoms with Gasteiger partial charge in [-0.1, -0.05) is 18.2 Å². The molecule has 2 N–H and O–H groups in total. The van der Waals surface area contributed by atoms with Gasteiger partial charge in [-0.2, -0.15) is 5.10 Å². The average Bonchev–Trinajstić information content (AvgIpc) is 3.47. The first kappa shape index (κ1) is 20.7. The third-order valence-corrected chi connectivity index (χ3v) is 7.74. The molecule has 2 saturated heterocycles. The summed E-state index contributed by atoms with van der Waals surface area (Å²) in [5.74, 6) is 0.819. The van der Waals surface area contributed by atoms with Crippen LogP contribution in [-0.2, 0) is 0 Å². The molecular weight excluding hydrogens is 410 g/mol. The van der Waals surface area contributed by atoms with E-state index in [9.17, 15) is 0 Å². The molecule has 6 rings (SSSR count). The number of piperidine rings is 2. The Balaban J connectivity index is 1.15. The molecule has 172 valence electrons. The maximum absolute atomic E-state index is 4.82. The molecule has 4 heterocycles. The summed E-state index contributed by atoms with van der Waals surface area (Å²) < 4.78 is 0. The van der Waals surface area contributed by atoms with Gasteiger partial charge in [0.05, 0.1) is 16.6 Å². The van der Waals surface area contributed by atoms with Crippen LogP contribution in [0.25, 0.3) is 33.5 Å². The van der Waals surface area contributed by atoms with Gasteiger partial charge in [0.25, 0.3) is 0 Å². The van der Waals surface area contributed by atoms with Crippen LogP contribution in [0, 0.1) is 0 Å². The van der Waals surface area contributed by atoms with Crippen molar-refractivity contribution in [2.75, 3.05) is 45.2 Å². The molecule has 0 aliphatic carbocycles. The van der Waals surface area contributed by atoms with Crippen LogP contribution >= 0.6 is 0 Å². The largest absolute Gasteiger partial charge is 0.371 e. The molecule has 2 fully saturated rings. The Hall–Kier alpha value is -2.90. The second-order valence-corrected chi connectivity index (χ2v) is 9.85. The van der Waals surface area contributed by atoms with Crippen molar-refractivity contribution < 1.29 is 0 Å². The molecule has 7 heteroatoms. The van der Waals surface area contributed by atoms with E-state index in [0.29, 0.717) is 0 Å². The number of imidazole rings is 1. The number of benzene rings is 2. The second-order valence-electron chi connectivity index (χ2n) is 9.85. The highest BCUT2D eigenvalue weighted by Gasteiger charge is 2.29. The molecule has 2 aliphatic rings. The normalized spacial score (nSPS) is 19.3. The van der Waals surface area contributed by atoms with Gasteiger partial charge in [-0.3, -0.25) is 5.10 Å². The van der Waals surface area contributed by atoms with Gasteiger partial charge in [-0.05, 0) is 77.1 Å². The minimum Gasteiger partial charge on any atom is -0.371 e. The van der Waals surface area contributed by atoms with E-state index in [0.717, 1.165) is 58.6 Å². The van der Waals surface area contributed by atoms with Gasteiger partial charge in [0.15, 0.2) is 5.82 Å². The molecule has 7 nitrogen and oxygen atoms in total. The van der Waals surface area contributed by atoms with Crippen molar-refractivity contribution >= 4 is 27.6 Å². The van der Waals surface area contributed by atoms with Crippen LogP contribution in [0.2, 0.25) is 0 Å². The van der Waals surface area contributed by atoms with Crippen LogP contribution < -0.4 is 4.90 Å². The molecule has 0 bridgehead atoms. The van der Waals surface area contributed by atoms with Crippen molar-refractivity contribution in [3.05, 3.63) is 42.5 Å². The number of nitrogens with one attached hydrogen (secondary N) is 2. The SMILES string of the molecule is CN(C)C1CCN(C2CCN(c3ccc4nc(-c5n[nH]c6ccccc56)[nH]c4c3)CC2)CC1. The topological polar surface area (TPSA) is 67.1 Å². The highest BCUT2D eigenvalue weighted by Crippen LogP contribution is 2.30. The fourth-order valence-corrected chi connectivity index (χ4v) is 5.71. The number of aromatic nitrogens is 4. The van der Waals surface area contributed by atoms with Gasteiger partial charge in [-0.25, -0.2) is 4.98 Å².